The van der Waals surface area contributed by atoms with Crippen LogP contribution in [0.25, 0.3) is 11.1 Å². The summed E-state index contributed by atoms with van der Waals surface area (Å²) < 4.78 is 48.9. The summed E-state index contributed by atoms with van der Waals surface area (Å²) in [4.78, 5) is 14.3. The van der Waals surface area contributed by atoms with Crippen LogP contribution in [0.3, 0.4) is 0 Å². The number of carbonyl (C=O) groups excluding carboxylic acids is 1. The van der Waals surface area contributed by atoms with E-state index in [1.54, 1.807) is 24.1 Å². The Morgan fingerprint density at radius 3 is 2.56 bits per heavy atom. The maximum Gasteiger partial charge on any atom is 0.573 e. The number of benzene rings is 2. The van der Waals surface area contributed by atoms with Crippen LogP contribution in [-0.4, -0.2) is 62.8 Å². The first-order valence-corrected chi connectivity index (χ1v) is 11.6. The maximum absolute atomic E-state index is 12.6. The number of likely N-dealkylation sites (tertiary alicyclic amines) is 1. The number of tetrazole rings is 1. The largest absolute Gasteiger partial charge is 0.573 e. The highest BCUT2D eigenvalue weighted by Gasteiger charge is 2.44. The van der Waals surface area contributed by atoms with Crippen molar-refractivity contribution in [3.8, 4) is 16.9 Å². The maximum atomic E-state index is 12.6. The number of aromatic nitrogens is 4. The lowest BCUT2D eigenvalue weighted by molar-refractivity contribution is -0.274. The van der Waals surface area contributed by atoms with Crippen LogP contribution in [0.1, 0.15) is 30.7 Å². The molecule has 3 heterocycles. The van der Waals surface area contributed by atoms with Crippen molar-refractivity contribution in [1.82, 2.24) is 25.1 Å². The summed E-state index contributed by atoms with van der Waals surface area (Å²) in [5.74, 6) is 0.240. The van der Waals surface area contributed by atoms with Gasteiger partial charge in [-0.15, -0.1) is 13.2 Å². The van der Waals surface area contributed by atoms with E-state index in [0.29, 0.717) is 25.6 Å². The van der Waals surface area contributed by atoms with Gasteiger partial charge in [0, 0.05) is 26.1 Å². The number of amides is 2. The van der Waals surface area contributed by atoms with Gasteiger partial charge in [0.1, 0.15) is 5.75 Å². The molecule has 0 aliphatic carbocycles. The molecule has 1 aromatic heterocycles. The number of ether oxygens (including phenoxy) is 2. The fourth-order valence-electron chi connectivity index (χ4n) is 4.86. The molecular formula is C24H25F3N6O3. The van der Waals surface area contributed by atoms with Crippen LogP contribution in [0.4, 0.5) is 23.9 Å². The van der Waals surface area contributed by atoms with Crippen LogP contribution < -0.4 is 10.1 Å². The highest BCUT2D eigenvalue weighted by Crippen LogP contribution is 2.43. The van der Waals surface area contributed by atoms with Crippen molar-refractivity contribution in [3.63, 3.8) is 0 Å². The molecule has 0 bridgehead atoms. The standard InChI is InChI=1S/C24H25F3N6O3/c1-32-21(29-30-31-32)28-22(34)33-11-9-23(10-12-33)14-19(15-35-23)18-4-2-3-17(13-18)16-5-7-20(8-6-16)36-24(25,26)27/h2-8,13,19H,9-12,14-15H2,1H3,(H,28,29,31,34). The lowest BCUT2D eigenvalue weighted by Gasteiger charge is -2.38. The number of urea groups is 1. The van der Waals surface area contributed by atoms with Crippen molar-refractivity contribution >= 4 is 12.0 Å². The molecule has 0 saturated carbocycles. The van der Waals surface area contributed by atoms with Gasteiger partial charge in [0.2, 0.25) is 0 Å². The van der Waals surface area contributed by atoms with Crippen LogP contribution in [0, 0.1) is 0 Å². The van der Waals surface area contributed by atoms with Crippen LogP contribution in [0.15, 0.2) is 48.5 Å². The minimum Gasteiger partial charge on any atom is -0.406 e. The minimum atomic E-state index is -4.71. The number of piperidine rings is 1. The third-order valence-corrected chi connectivity index (χ3v) is 6.79. The molecule has 36 heavy (non-hydrogen) atoms. The Hall–Kier alpha value is -3.67. The highest BCUT2D eigenvalue weighted by atomic mass is 19.4. The van der Waals surface area contributed by atoms with Crippen LogP contribution in [0.2, 0.25) is 0 Å². The number of nitrogens with one attached hydrogen (secondary N) is 1. The van der Waals surface area contributed by atoms with E-state index in [1.165, 1.54) is 16.8 Å². The zero-order valence-electron chi connectivity index (χ0n) is 19.5. The summed E-state index contributed by atoms with van der Waals surface area (Å²) in [6.45, 7) is 1.71. The molecule has 1 N–H and O–H groups in total. The van der Waals surface area contributed by atoms with Gasteiger partial charge in [0.15, 0.2) is 0 Å². The van der Waals surface area contributed by atoms with E-state index in [0.717, 1.165) is 36.0 Å². The number of anilines is 1. The Kier molecular flexibility index (Phi) is 6.29. The van der Waals surface area contributed by atoms with E-state index in [4.69, 9.17) is 4.74 Å². The first kappa shape index (κ1) is 24.0. The van der Waals surface area contributed by atoms with Crippen molar-refractivity contribution in [2.24, 2.45) is 7.05 Å². The van der Waals surface area contributed by atoms with Gasteiger partial charge in [0.05, 0.1) is 12.2 Å². The summed E-state index contributed by atoms with van der Waals surface area (Å²) in [7, 11) is 1.65. The number of alkyl halides is 3. The lowest BCUT2D eigenvalue weighted by Crippen LogP contribution is -2.48. The van der Waals surface area contributed by atoms with E-state index in [2.05, 4.69) is 37.7 Å². The molecule has 1 atom stereocenters. The quantitative estimate of drug-likeness (QED) is 0.570. The van der Waals surface area contributed by atoms with E-state index in [9.17, 15) is 18.0 Å². The summed E-state index contributed by atoms with van der Waals surface area (Å²) in [6.07, 6.45) is -2.41. The molecule has 2 aromatic carbocycles. The minimum absolute atomic E-state index is 0.197. The zero-order valence-corrected chi connectivity index (χ0v) is 19.5. The zero-order chi connectivity index (χ0) is 25.3. The average molecular weight is 502 g/mol. The number of carbonyl (C=O) groups is 1. The molecule has 12 heteroatoms. The van der Waals surface area contributed by atoms with Gasteiger partial charge in [0.25, 0.3) is 5.95 Å². The molecule has 1 unspecified atom stereocenters. The molecule has 1 spiro atoms. The van der Waals surface area contributed by atoms with Crippen LogP contribution in [-0.2, 0) is 11.8 Å². The van der Waals surface area contributed by atoms with Gasteiger partial charge in [-0.05, 0) is 58.5 Å². The van der Waals surface area contributed by atoms with Gasteiger partial charge in [-0.25, -0.2) is 9.48 Å². The monoisotopic (exact) mass is 502 g/mol. The Labute approximate surface area is 205 Å². The predicted molar refractivity (Wildman–Crippen MR) is 123 cm³/mol. The normalized spacial score (nSPS) is 19.4. The van der Waals surface area contributed by atoms with E-state index in [-0.39, 0.29) is 23.3 Å². The fraction of sp³-hybridized carbons (Fsp3) is 0.417. The number of hydrogen-bond acceptors (Lipinski definition) is 6. The molecule has 9 nitrogen and oxygen atoms in total. The van der Waals surface area contributed by atoms with Gasteiger partial charge >= 0.3 is 12.4 Å². The molecule has 2 amide bonds. The third-order valence-electron chi connectivity index (χ3n) is 6.79. The number of nitrogens with zero attached hydrogens (tertiary/aromatic N) is 5. The lowest BCUT2D eigenvalue weighted by atomic mass is 9.83. The van der Waals surface area contributed by atoms with E-state index < -0.39 is 6.36 Å². The number of hydrogen-bond donors (Lipinski definition) is 1. The molecule has 2 aliphatic heterocycles. The van der Waals surface area contributed by atoms with Gasteiger partial charge in [-0.1, -0.05) is 41.5 Å². The molecule has 2 fully saturated rings. The molecule has 2 saturated heterocycles. The predicted octanol–water partition coefficient (Wildman–Crippen LogP) is 4.35. The summed E-state index contributed by atoms with van der Waals surface area (Å²) in [6, 6.07) is 13.6. The Morgan fingerprint density at radius 2 is 1.89 bits per heavy atom. The number of aryl methyl sites for hydroxylation is 1. The van der Waals surface area contributed by atoms with Crippen molar-refractivity contribution in [2.45, 2.75) is 37.1 Å². The number of halogens is 3. The molecule has 190 valence electrons. The Bertz CT molecular complexity index is 1220. The fourth-order valence-corrected chi connectivity index (χ4v) is 4.86. The second-order valence-electron chi connectivity index (χ2n) is 9.14. The summed E-state index contributed by atoms with van der Waals surface area (Å²) >= 11 is 0. The van der Waals surface area contributed by atoms with Crippen molar-refractivity contribution in [1.29, 1.82) is 0 Å². The highest BCUT2D eigenvalue weighted by molar-refractivity contribution is 5.87. The van der Waals surface area contributed by atoms with E-state index in [1.807, 2.05) is 12.1 Å². The van der Waals surface area contributed by atoms with Crippen LogP contribution in [0.5, 0.6) is 5.75 Å². The summed E-state index contributed by atoms with van der Waals surface area (Å²) in [5.41, 5.74) is 2.56. The smallest absolute Gasteiger partial charge is 0.406 e. The molecule has 2 aliphatic rings. The Balaban J connectivity index is 1.20. The summed E-state index contributed by atoms with van der Waals surface area (Å²) in [5, 5.41) is 13.7. The topological polar surface area (TPSA) is 94.4 Å². The second-order valence-corrected chi connectivity index (χ2v) is 9.14. The van der Waals surface area contributed by atoms with Crippen molar-refractivity contribution in [2.75, 3.05) is 25.0 Å². The molecule has 3 aromatic rings. The number of rotatable bonds is 4. The van der Waals surface area contributed by atoms with Gasteiger partial charge < -0.3 is 14.4 Å². The van der Waals surface area contributed by atoms with Crippen molar-refractivity contribution in [3.05, 3.63) is 54.1 Å². The average Bonchev–Trinajstić information content (AvgIpc) is 3.45. The van der Waals surface area contributed by atoms with Crippen molar-refractivity contribution < 1.29 is 27.4 Å². The van der Waals surface area contributed by atoms with Gasteiger partial charge in [-0.3, -0.25) is 5.32 Å². The third kappa shape index (κ3) is 5.27. The van der Waals surface area contributed by atoms with E-state index >= 15 is 0 Å². The first-order valence-electron chi connectivity index (χ1n) is 11.6. The Morgan fingerprint density at radius 1 is 1.14 bits per heavy atom. The molecule has 0 radical (unpaired) electrons. The van der Waals surface area contributed by atoms with Gasteiger partial charge in [-0.2, -0.15) is 0 Å². The SMILES string of the molecule is Cn1nnnc1NC(=O)N1CCC2(CC1)CC(c1cccc(-c3ccc(OC(F)(F)F)cc3)c1)CO2. The first-order chi connectivity index (χ1) is 17.2. The molecule has 5 rings (SSSR count). The molecular weight excluding hydrogens is 477 g/mol. The van der Waals surface area contributed by atoms with Crippen LogP contribution >= 0.6 is 0 Å². The second kappa shape index (κ2) is 9.41.